The van der Waals surface area contributed by atoms with E-state index in [4.69, 9.17) is 0 Å². The molecule has 0 aliphatic rings. The van der Waals surface area contributed by atoms with Crippen molar-refractivity contribution in [1.82, 2.24) is 0 Å². The molecule has 1 nitrogen and oxygen atoms in total. The summed E-state index contributed by atoms with van der Waals surface area (Å²) in [6.07, 6.45) is 0. The Morgan fingerprint density at radius 1 is 1.27 bits per heavy atom. The quantitative estimate of drug-likeness (QED) is 0.534. The summed E-state index contributed by atoms with van der Waals surface area (Å²) in [5.41, 5.74) is 0.804. The van der Waals surface area contributed by atoms with E-state index in [1.165, 1.54) is 4.46 Å². The molecule has 0 aliphatic carbocycles. The first-order valence-electron chi connectivity index (χ1n) is 3.39. The number of hydrogen-bond donors (Lipinski definition) is 0. The second-order valence-electron chi connectivity index (χ2n) is 2.28. The van der Waals surface area contributed by atoms with Crippen molar-refractivity contribution in [2.24, 2.45) is 0 Å². The molecule has 0 bridgehead atoms. The standard InChI is InChI=1S/C9H10OSe/c1-7(10)8-3-5-9(11-2)6-4-8/h3-6H,1-2H3. The molecule has 0 saturated heterocycles. The van der Waals surface area contributed by atoms with Crippen LogP contribution in [0.1, 0.15) is 17.3 Å². The van der Waals surface area contributed by atoms with E-state index in [-0.39, 0.29) is 5.78 Å². The molecular formula is C9H10OSe. The molecule has 1 aromatic carbocycles. The van der Waals surface area contributed by atoms with Gasteiger partial charge in [-0.15, -0.1) is 0 Å². The third-order valence-corrected chi connectivity index (χ3v) is 3.06. The molecule has 2 heteroatoms. The molecule has 0 aliphatic heterocycles. The van der Waals surface area contributed by atoms with Crippen LogP contribution in [-0.2, 0) is 0 Å². The number of benzene rings is 1. The first-order valence-corrected chi connectivity index (χ1v) is 5.96. The normalized spacial score (nSPS) is 9.64. The van der Waals surface area contributed by atoms with Gasteiger partial charge in [-0.1, -0.05) is 0 Å². The van der Waals surface area contributed by atoms with Crippen molar-refractivity contribution >= 4 is 25.2 Å². The van der Waals surface area contributed by atoms with Crippen LogP contribution >= 0.6 is 0 Å². The van der Waals surface area contributed by atoms with Gasteiger partial charge in [0.1, 0.15) is 0 Å². The van der Waals surface area contributed by atoms with Crippen LogP contribution in [0.3, 0.4) is 0 Å². The average Bonchev–Trinajstić information content (AvgIpc) is 2.05. The van der Waals surface area contributed by atoms with E-state index in [0.717, 1.165) is 5.56 Å². The SMILES string of the molecule is C[Se]c1ccc(C(C)=O)cc1. The topological polar surface area (TPSA) is 17.1 Å². The molecule has 0 saturated carbocycles. The molecule has 1 rings (SSSR count). The van der Waals surface area contributed by atoms with Gasteiger partial charge in [-0.2, -0.15) is 0 Å². The van der Waals surface area contributed by atoms with Gasteiger partial charge in [0.25, 0.3) is 0 Å². The number of carbonyl (C=O) groups excluding carboxylic acids is 1. The van der Waals surface area contributed by atoms with Gasteiger partial charge in [0, 0.05) is 0 Å². The summed E-state index contributed by atoms with van der Waals surface area (Å²) in [5, 5.41) is 0. The molecule has 0 atom stereocenters. The van der Waals surface area contributed by atoms with Crippen LogP contribution in [0.4, 0.5) is 0 Å². The van der Waals surface area contributed by atoms with E-state index in [9.17, 15) is 4.79 Å². The van der Waals surface area contributed by atoms with Gasteiger partial charge in [-0.05, 0) is 0 Å². The summed E-state index contributed by atoms with van der Waals surface area (Å²) in [6.45, 7) is 1.59. The van der Waals surface area contributed by atoms with Gasteiger partial charge in [0.15, 0.2) is 0 Å². The molecule has 0 fully saturated rings. The Balaban J connectivity index is 2.91. The van der Waals surface area contributed by atoms with E-state index in [1.807, 2.05) is 24.3 Å². The van der Waals surface area contributed by atoms with Crippen molar-refractivity contribution in [3.8, 4) is 0 Å². The molecule has 0 N–H and O–H groups in total. The molecule has 0 unspecified atom stereocenters. The third-order valence-electron chi connectivity index (χ3n) is 1.50. The van der Waals surface area contributed by atoms with Gasteiger partial charge in [0.05, 0.1) is 0 Å². The molecule has 58 valence electrons. The van der Waals surface area contributed by atoms with E-state index < -0.39 is 0 Å². The Hall–Kier alpha value is -0.591. The number of carbonyl (C=O) groups is 1. The fraction of sp³-hybridized carbons (Fsp3) is 0.222. The Morgan fingerprint density at radius 2 is 1.82 bits per heavy atom. The number of rotatable bonds is 2. The Bertz CT molecular complexity index is 251. The second-order valence-corrected chi connectivity index (χ2v) is 4.13. The van der Waals surface area contributed by atoms with Gasteiger partial charge >= 0.3 is 72.6 Å². The zero-order chi connectivity index (χ0) is 8.27. The minimum atomic E-state index is 0.139. The summed E-state index contributed by atoms with van der Waals surface area (Å²) in [4.78, 5) is 10.9. The predicted molar refractivity (Wildman–Crippen MR) is 47.7 cm³/mol. The van der Waals surface area contributed by atoms with Crippen LogP contribution in [0.25, 0.3) is 0 Å². The maximum atomic E-state index is 10.9. The fourth-order valence-corrected chi connectivity index (χ4v) is 1.68. The van der Waals surface area contributed by atoms with E-state index in [2.05, 4.69) is 5.82 Å². The van der Waals surface area contributed by atoms with Crippen LogP contribution in [0.2, 0.25) is 5.82 Å². The summed E-state index contributed by atoms with van der Waals surface area (Å²) in [6, 6.07) is 7.83. The van der Waals surface area contributed by atoms with Crippen molar-refractivity contribution in [1.29, 1.82) is 0 Å². The summed E-state index contributed by atoms with van der Waals surface area (Å²) in [7, 11) is 0. The Morgan fingerprint density at radius 3 is 2.18 bits per heavy atom. The van der Waals surface area contributed by atoms with Gasteiger partial charge in [-0.25, -0.2) is 0 Å². The number of hydrogen-bond acceptors (Lipinski definition) is 1. The average molecular weight is 213 g/mol. The van der Waals surface area contributed by atoms with Crippen LogP contribution in [-0.4, -0.2) is 20.7 Å². The molecule has 0 amide bonds. The zero-order valence-corrected chi connectivity index (χ0v) is 8.34. The molecule has 0 heterocycles. The van der Waals surface area contributed by atoms with Crippen molar-refractivity contribution in [2.45, 2.75) is 12.7 Å². The molecular weight excluding hydrogens is 203 g/mol. The van der Waals surface area contributed by atoms with Crippen LogP contribution in [0, 0.1) is 0 Å². The van der Waals surface area contributed by atoms with Crippen molar-refractivity contribution in [2.75, 3.05) is 0 Å². The number of Topliss-reactive ketones (excluding diaryl/α,β-unsaturated/α-hetero) is 1. The second kappa shape index (κ2) is 3.70. The van der Waals surface area contributed by atoms with Crippen molar-refractivity contribution in [3.05, 3.63) is 29.8 Å². The van der Waals surface area contributed by atoms with Gasteiger partial charge in [0.2, 0.25) is 0 Å². The van der Waals surface area contributed by atoms with E-state index in [1.54, 1.807) is 6.92 Å². The summed E-state index contributed by atoms with van der Waals surface area (Å²) >= 11 is 0.537. The Kier molecular flexibility index (Phi) is 2.86. The summed E-state index contributed by atoms with van der Waals surface area (Å²) in [5.74, 6) is 2.30. The third kappa shape index (κ3) is 2.18. The first-order chi connectivity index (χ1) is 5.24. The zero-order valence-electron chi connectivity index (χ0n) is 6.63. The summed E-state index contributed by atoms with van der Waals surface area (Å²) < 4.78 is 1.34. The molecule has 0 aromatic heterocycles. The van der Waals surface area contributed by atoms with Crippen LogP contribution in [0.5, 0.6) is 0 Å². The van der Waals surface area contributed by atoms with Crippen LogP contribution < -0.4 is 4.46 Å². The Labute approximate surface area is 73.0 Å². The first kappa shape index (κ1) is 8.51. The molecule has 11 heavy (non-hydrogen) atoms. The monoisotopic (exact) mass is 214 g/mol. The van der Waals surface area contributed by atoms with Crippen LogP contribution in [0.15, 0.2) is 24.3 Å². The van der Waals surface area contributed by atoms with Gasteiger partial charge < -0.3 is 0 Å². The maximum absolute atomic E-state index is 10.9. The van der Waals surface area contributed by atoms with E-state index >= 15 is 0 Å². The molecule has 1 aromatic rings. The fourth-order valence-electron chi connectivity index (χ4n) is 0.826. The minimum absolute atomic E-state index is 0.139. The number of ketones is 1. The predicted octanol–water partition coefficient (Wildman–Crippen LogP) is 1.27. The van der Waals surface area contributed by atoms with Gasteiger partial charge in [-0.3, -0.25) is 0 Å². The van der Waals surface area contributed by atoms with Crippen molar-refractivity contribution in [3.63, 3.8) is 0 Å². The van der Waals surface area contributed by atoms with E-state index in [0.29, 0.717) is 15.0 Å². The van der Waals surface area contributed by atoms with Crippen molar-refractivity contribution < 1.29 is 4.79 Å². The molecule has 0 spiro atoms. The molecule has 0 radical (unpaired) electrons.